The van der Waals surface area contributed by atoms with Crippen LogP contribution in [0.15, 0.2) is 47.4 Å². The minimum absolute atomic E-state index is 0.00400. The number of halogens is 1. The number of aliphatic hydroxyl groups is 1. The van der Waals surface area contributed by atoms with Crippen molar-refractivity contribution in [1.82, 2.24) is 9.21 Å². The zero-order chi connectivity index (χ0) is 29.7. The van der Waals surface area contributed by atoms with E-state index in [4.69, 9.17) is 4.74 Å². The number of likely N-dealkylation sites (N-methyl/N-ethyl adjacent to an activating group) is 1. The second-order valence-electron chi connectivity index (χ2n) is 11.3. The van der Waals surface area contributed by atoms with E-state index in [1.165, 1.54) is 23.5 Å². The van der Waals surface area contributed by atoms with Gasteiger partial charge in [0.05, 0.1) is 30.5 Å². The summed E-state index contributed by atoms with van der Waals surface area (Å²) in [5.41, 5.74) is 1.13. The van der Waals surface area contributed by atoms with Crippen LogP contribution in [0.25, 0.3) is 0 Å². The van der Waals surface area contributed by atoms with Crippen LogP contribution in [0.2, 0.25) is 0 Å². The van der Waals surface area contributed by atoms with Crippen molar-refractivity contribution in [2.24, 2.45) is 11.8 Å². The summed E-state index contributed by atoms with van der Waals surface area (Å²) in [6.45, 7) is 3.61. The quantitative estimate of drug-likeness (QED) is 0.484. The number of amides is 2. The summed E-state index contributed by atoms with van der Waals surface area (Å²) in [6.07, 6.45) is 4.28. The summed E-state index contributed by atoms with van der Waals surface area (Å²) in [5.74, 6) is -0.681. The van der Waals surface area contributed by atoms with Crippen LogP contribution in [-0.4, -0.2) is 73.4 Å². The number of sulfonamides is 1. The molecule has 4 rings (SSSR count). The van der Waals surface area contributed by atoms with E-state index in [9.17, 15) is 27.5 Å². The van der Waals surface area contributed by atoms with Gasteiger partial charge in [-0.1, -0.05) is 26.2 Å². The van der Waals surface area contributed by atoms with Crippen molar-refractivity contribution in [2.75, 3.05) is 32.1 Å². The Balaban J connectivity index is 1.62. The molecular formula is C30H40FN3O6S. The number of fused-ring (bicyclic) bond motifs is 1. The number of benzene rings is 2. The lowest BCUT2D eigenvalue weighted by atomic mass is 9.88. The smallest absolute Gasteiger partial charge is 0.242 e. The van der Waals surface area contributed by atoms with Gasteiger partial charge < -0.3 is 20.1 Å². The molecule has 1 saturated carbocycles. The largest absolute Gasteiger partial charge is 0.488 e. The van der Waals surface area contributed by atoms with Crippen LogP contribution in [0.4, 0.5) is 10.1 Å². The summed E-state index contributed by atoms with van der Waals surface area (Å²) >= 11 is 0. The molecule has 0 unspecified atom stereocenters. The van der Waals surface area contributed by atoms with E-state index in [0.29, 0.717) is 17.0 Å². The average Bonchev–Trinajstić information content (AvgIpc) is 3.00. The number of carbonyl (C=O) groups is 2. The minimum atomic E-state index is -3.94. The SMILES string of the molecule is C[C@H](CO)N1C[C@H](C)[C@H](CN(C)S(=O)(=O)c2ccc(F)cc2)Oc2ccc(NC(=O)C3CCCCC3)cc2CC1=O. The van der Waals surface area contributed by atoms with Crippen molar-refractivity contribution in [3.63, 3.8) is 0 Å². The molecule has 1 aliphatic carbocycles. The standard InChI is InChI=1S/C30H40FN3O6S/c1-20-17-34(21(2)19-35)29(36)16-23-15-25(32-30(37)22-7-5-4-6-8-22)11-14-27(23)40-28(20)18-33(3)41(38,39)26-12-9-24(31)10-13-26/h9-15,20-22,28,35H,4-8,16-19H2,1-3H3,(H,32,37)/t20-,21+,28-/m0/s1. The van der Waals surface area contributed by atoms with Gasteiger partial charge in [-0.2, -0.15) is 4.31 Å². The van der Waals surface area contributed by atoms with E-state index in [1.54, 1.807) is 30.0 Å². The van der Waals surface area contributed by atoms with Gasteiger partial charge in [0, 0.05) is 36.7 Å². The minimum Gasteiger partial charge on any atom is -0.488 e. The zero-order valence-corrected chi connectivity index (χ0v) is 24.7. The molecule has 11 heteroatoms. The molecule has 41 heavy (non-hydrogen) atoms. The van der Waals surface area contributed by atoms with Crippen LogP contribution >= 0.6 is 0 Å². The predicted octanol–water partition coefficient (Wildman–Crippen LogP) is 3.81. The Morgan fingerprint density at radius 3 is 2.51 bits per heavy atom. The first kappa shape index (κ1) is 30.9. The van der Waals surface area contributed by atoms with Gasteiger partial charge in [-0.3, -0.25) is 9.59 Å². The highest BCUT2D eigenvalue weighted by Gasteiger charge is 2.33. The number of nitrogens with one attached hydrogen (secondary N) is 1. The topological polar surface area (TPSA) is 116 Å². The Kier molecular flexibility index (Phi) is 10.0. The van der Waals surface area contributed by atoms with E-state index in [-0.39, 0.29) is 54.7 Å². The van der Waals surface area contributed by atoms with E-state index in [0.717, 1.165) is 44.2 Å². The summed E-state index contributed by atoms with van der Waals surface area (Å²) in [5, 5.41) is 12.9. The van der Waals surface area contributed by atoms with Gasteiger partial charge in [-0.25, -0.2) is 12.8 Å². The van der Waals surface area contributed by atoms with Gasteiger partial charge >= 0.3 is 0 Å². The fraction of sp³-hybridized carbons (Fsp3) is 0.533. The first-order valence-electron chi connectivity index (χ1n) is 14.2. The third-order valence-electron chi connectivity index (χ3n) is 8.12. The van der Waals surface area contributed by atoms with Gasteiger partial charge in [0.15, 0.2) is 0 Å². The molecule has 2 amide bonds. The molecule has 9 nitrogen and oxygen atoms in total. The molecule has 2 N–H and O–H groups in total. The van der Waals surface area contributed by atoms with Crippen LogP contribution in [0.1, 0.15) is 51.5 Å². The van der Waals surface area contributed by atoms with Crippen molar-refractivity contribution in [1.29, 1.82) is 0 Å². The van der Waals surface area contributed by atoms with Crippen molar-refractivity contribution < 1.29 is 32.2 Å². The lowest BCUT2D eigenvalue weighted by Gasteiger charge is -2.33. The number of nitrogens with zero attached hydrogens (tertiary/aromatic N) is 2. The number of rotatable bonds is 8. The third kappa shape index (κ3) is 7.44. The Bertz CT molecular complexity index is 1330. The molecule has 224 valence electrons. The van der Waals surface area contributed by atoms with Crippen molar-refractivity contribution in [3.8, 4) is 5.75 Å². The maximum Gasteiger partial charge on any atom is 0.242 e. The first-order chi connectivity index (χ1) is 19.5. The lowest BCUT2D eigenvalue weighted by molar-refractivity contribution is -0.134. The van der Waals surface area contributed by atoms with Crippen LogP contribution in [0, 0.1) is 17.7 Å². The molecule has 0 radical (unpaired) electrons. The number of carbonyl (C=O) groups excluding carboxylic acids is 2. The number of hydrogen-bond acceptors (Lipinski definition) is 6. The number of anilines is 1. The maximum absolute atomic E-state index is 13.4. The summed E-state index contributed by atoms with van der Waals surface area (Å²) in [7, 11) is -2.51. The van der Waals surface area contributed by atoms with Gasteiger partial charge in [-0.15, -0.1) is 0 Å². The van der Waals surface area contributed by atoms with Gasteiger partial charge in [0.1, 0.15) is 17.7 Å². The predicted molar refractivity (Wildman–Crippen MR) is 153 cm³/mol. The van der Waals surface area contributed by atoms with Crippen LogP contribution < -0.4 is 10.1 Å². The van der Waals surface area contributed by atoms with E-state index < -0.39 is 28.0 Å². The van der Waals surface area contributed by atoms with Crippen LogP contribution in [0.5, 0.6) is 5.75 Å². The Morgan fingerprint density at radius 2 is 1.85 bits per heavy atom. The highest BCUT2D eigenvalue weighted by Crippen LogP contribution is 2.31. The lowest BCUT2D eigenvalue weighted by Crippen LogP contribution is -2.48. The van der Waals surface area contributed by atoms with Gasteiger partial charge in [0.2, 0.25) is 21.8 Å². The molecule has 1 aliphatic heterocycles. The van der Waals surface area contributed by atoms with E-state index >= 15 is 0 Å². The molecule has 0 saturated heterocycles. The fourth-order valence-electron chi connectivity index (χ4n) is 5.47. The Hall–Kier alpha value is -3.02. The molecule has 2 aromatic carbocycles. The maximum atomic E-state index is 13.4. The highest BCUT2D eigenvalue weighted by molar-refractivity contribution is 7.89. The molecule has 2 aromatic rings. The van der Waals surface area contributed by atoms with Crippen LogP contribution in [-0.2, 0) is 26.0 Å². The number of hydrogen-bond donors (Lipinski definition) is 2. The number of ether oxygens (including phenoxy) is 1. The molecule has 0 bridgehead atoms. The van der Waals surface area contributed by atoms with Crippen molar-refractivity contribution >= 4 is 27.5 Å². The molecule has 1 heterocycles. The summed E-state index contributed by atoms with van der Waals surface area (Å²) in [4.78, 5) is 27.9. The zero-order valence-electron chi connectivity index (χ0n) is 23.9. The monoisotopic (exact) mass is 589 g/mol. The highest BCUT2D eigenvalue weighted by atomic mass is 32.2. The molecule has 3 atom stereocenters. The van der Waals surface area contributed by atoms with Crippen molar-refractivity contribution in [2.45, 2.75) is 69.4 Å². The van der Waals surface area contributed by atoms with Gasteiger partial charge in [0.25, 0.3) is 0 Å². The fourth-order valence-corrected chi connectivity index (χ4v) is 6.66. The number of aliphatic hydroxyl groups excluding tert-OH is 1. The third-order valence-corrected chi connectivity index (χ3v) is 9.96. The first-order valence-corrected chi connectivity index (χ1v) is 15.7. The van der Waals surface area contributed by atoms with Gasteiger partial charge in [-0.05, 0) is 62.2 Å². The van der Waals surface area contributed by atoms with Crippen LogP contribution in [0.3, 0.4) is 0 Å². The van der Waals surface area contributed by atoms with Crippen molar-refractivity contribution in [3.05, 3.63) is 53.8 Å². The second kappa shape index (κ2) is 13.3. The normalized spacial score (nSPS) is 21.3. The Labute approximate surface area is 241 Å². The second-order valence-corrected chi connectivity index (χ2v) is 13.3. The molecule has 0 spiro atoms. The van der Waals surface area contributed by atoms with E-state index in [1.807, 2.05) is 6.92 Å². The summed E-state index contributed by atoms with van der Waals surface area (Å²) < 4.78 is 47.5. The average molecular weight is 590 g/mol. The summed E-state index contributed by atoms with van der Waals surface area (Å²) in [6, 6.07) is 9.35. The Morgan fingerprint density at radius 1 is 1.17 bits per heavy atom. The molecular weight excluding hydrogens is 549 g/mol. The van der Waals surface area contributed by atoms with E-state index in [2.05, 4.69) is 5.32 Å². The molecule has 2 aliphatic rings. The molecule has 0 aromatic heterocycles. The molecule has 1 fully saturated rings.